The zero-order chi connectivity index (χ0) is 13.4. The monoisotopic (exact) mass is 302 g/mol. The first-order valence-corrected chi connectivity index (χ1v) is 5.41. The molecule has 0 unspecified atom stereocenters. The fraction of sp³-hybridized carbons (Fsp3) is 0.143. The van der Waals surface area contributed by atoms with E-state index in [0.29, 0.717) is 0 Å². The van der Waals surface area contributed by atoms with E-state index in [1.54, 1.807) is 0 Å². The summed E-state index contributed by atoms with van der Waals surface area (Å²) in [6, 6.07) is 14.4. The van der Waals surface area contributed by atoms with Crippen LogP contribution in [-0.2, 0) is 17.1 Å². The van der Waals surface area contributed by atoms with Gasteiger partial charge >= 0.3 is 0 Å². The molecule has 0 aliphatic carbocycles. The van der Waals surface area contributed by atoms with Crippen molar-refractivity contribution in [2.75, 3.05) is 13.2 Å². The van der Waals surface area contributed by atoms with E-state index in [1.807, 2.05) is 30.3 Å². The number of aliphatic hydroxyl groups is 2. The van der Waals surface area contributed by atoms with Crippen LogP contribution >= 0.6 is 0 Å². The summed E-state index contributed by atoms with van der Waals surface area (Å²) in [5, 5.41) is 17.1. The molecule has 5 heteroatoms. The molecule has 0 bridgehead atoms. The maximum absolute atomic E-state index is 11.0. The number of Topliss-reactive ketones (excluding diaryl/α,β-unsaturated/α-hetero) is 2. The van der Waals surface area contributed by atoms with Gasteiger partial charge in [0.2, 0.25) is 0 Å². The molecule has 0 saturated heterocycles. The normalized spacial score (nSPS) is 8.95. The minimum absolute atomic E-state index is 0. The molecule has 0 aliphatic heterocycles. The standard InChI is InChI=1S/C9H9O4.C5H5.Fe/c10-4-8(12)6-2-1-3-7(6)9(13)5-11;1-2-4-5-3-1;/h1-3,10-11H,4-5H2;1-5H;/q-1;-5;. The number of carbonyl (C=O) groups is 2. The van der Waals surface area contributed by atoms with Crippen LogP contribution in [0, 0.1) is 0 Å². The maximum Gasteiger partial charge on any atom is 0.147 e. The summed E-state index contributed by atoms with van der Waals surface area (Å²) < 4.78 is 0. The SMILES string of the molecule is O=C(CO)c1ccc[c-]1C(=O)CO.[Fe].[cH-]1[cH-][cH-][cH-][cH-]1. The van der Waals surface area contributed by atoms with Crippen molar-refractivity contribution >= 4 is 11.6 Å². The molecule has 0 radical (unpaired) electrons. The summed E-state index contributed by atoms with van der Waals surface area (Å²) in [7, 11) is 0. The number of aliphatic hydroxyl groups excluding tert-OH is 2. The molecule has 4 nitrogen and oxygen atoms in total. The number of carbonyl (C=O) groups excluding carboxylic acids is 2. The summed E-state index contributed by atoms with van der Waals surface area (Å²) >= 11 is 0. The molecule has 2 aromatic rings. The fourth-order valence-corrected chi connectivity index (χ4v) is 1.40. The quantitative estimate of drug-likeness (QED) is 0.505. The van der Waals surface area contributed by atoms with Crippen LogP contribution in [0.5, 0.6) is 0 Å². The number of hydrogen-bond donors (Lipinski definition) is 2. The van der Waals surface area contributed by atoms with Crippen LogP contribution in [0.3, 0.4) is 0 Å². The van der Waals surface area contributed by atoms with Gasteiger partial charge in [-0.2, -0.15) is 12.1 Å². The van der Waals surface area contributed by atoms with Gasteiger partial charge in [-0.1, -0.05) is 5.56 Å². The van der Waals surface area contributed by atoms with Crippen LogP contribution in [0.1, 0.15) is 20.7 Å². The minimum Gasteiger partial charge on any atom is -0.748 e. The topological polar surface area (TPSA) is 74.6 Å². The van der Waals surface area contributed by atoms with Crippen molar-refractivity contribution in [2.24, 2.45) is 0 Å². The smallest absolute Gasteiger partial charge is 0.147 e. The molecule has 19 heavy (non-hydrogen) atoms. The molecule has 0 heterocycles. The molecule has 0 fully saturated rings. The Morgan fingerprint density at radius 3 is 2.00 bits per heavy atom. The number of ketones is 2. The second-order valence-electron chi connectivity index (χ2n) is 3.48. The Bertz CT molecular complexity index is 438. The van der Waals surface area contributed by atoms with E-state index in [-0.39, 0.29) is 28.2 Å². The van der Waals surface area contributed by atoms with E-state index in [0.717, 1.165) is 0 Å². The molecule has 2 rings (SSSR count). The molecule has 0 aliphatic rings. The van der Waals surface area contributed by atoms with Crippen LogP contribution in [-0.4, -0.2) is 35.0 Å². The zero-order valence-corrected chi connectivity index (χ0v) is 11.2. The molecule has 0 atom stereocenters. The molecular formula is C14H14FeO4-6. The predicted octanol–water partition coefficient (Wildman–Crippen LogP) is 1.16. The molecular weight excluding hydrogens is 288 g/mol. The van der Waals surface area contributed by atoms with Gasteiger partial charge in [-0.25, -0.2) is 0 Å². The Labute approximate surface area is 121 Å². The van der Waals surface area contributed by atoms with E-state index in [1.165, 1.54) is 18.2 Å². The van der Waals surface area contributed by atoms with Crippen LogP contribution in [0.15, 0.2) is 48.5 Å². The average molecular weight is 302 g/mol. The van der Waals surface area contributed by atoms with Gasteiger partial charge < -0.3 is 50.1 Å². The summed E-state index contributed by atoms with van der Waals surface area (Å²) in [5.41, 5.74) is 0.336. The molecule has 0 amide bonds. The number of hydrogen-bond acceptors (Lipinski definition) is 4. The summed E-state index contributed by atoms with van der Waals surface area (Å²) in [5.74, 6) is -1.02. The van der Waals surface area contributed by atoms with Gasteiger partial charge in [0, 0.05) is 17.1 Å². The van der Waals surface area contributed by atoms with Crippen molar-refractivity contribution in [3.05, 3.63) is 59.7 Å². The van der Waals surface area contributed by atoms with Crippen LogP contribution in [0.4, 0.5) is 0 Å². The van der Waals surface area contributed by atoms with Crippen molar-refractivity contribution in [1.82, 2.24) is 0 Å². The molecule has 2 N–H and O–H groups in total. The van der Waals surface area contributed by atoms with Gasteiger partial charge in [0.1, 0.15) is 11.6 Å². The average Bonchev–Trinajstić information content (AvgIpc) is 3.09. The summed E-state index contributed by atoms with van der Waals surface area (Å²) in [6.45, 7) is -1.26. The molecule has 0 aromatic heterocycles. The van der Waals surface area contributed by atoms with Gasteiger partial charge in [-0.05, 0) is 0 Å². The third-order valence-electron chi connectivity index (χ3n) is 2.26. The van der Waals surface area contributed by atoms with Crippen LogP contribution in [0.25, 0.3) is 0 Å². The van der Waals surface area contributed by atoms with Gasteiger partial charge in [-0.3, -0.25) is 0 Å². The van der Waals surface area contributed by atoms with Crippen molar-refractivity contribution in [3.8, 4) is 0 Å². The first-order chi connectivity index (χ1) is 8.70. The first kappa shape index (κ1) is 17.5. The Hall–Kier alpha value is -1.52. The molecule has 108 valence electrons. The predicted molar refractivity (Wildman–Crippen MR) is 66.9 cm³/mol. The van der Waals surface area contributed by atoms with Crippen LogP contribution in [0.2, 0.25) is 0 Å². The van der Waals surface area contributed by atoms with Crippen molar-refractivity contribution < 1.29 is 36.9 Å². The van der Waals surface area contributed by atoms with E-state index in [9.17, 15) is 9.59 Å². The molecule has 2 aromatic carbocycles. The molecule has 0 spiro atoms. The van der Waals surface area contributed by atoms with E-state index in [4.69, 9.17) is 10.2 Å². The largest absolute Gasteiger partial charge is 0.748 e. The third kappa shape index (κ3) is 5.32. The minimum atomic E-state index is -0.629. The second kappa shape index (κ2) is 9.41. The Morgan fingerprint density at radius 1 is 1.05 bits per heavy atom. The first-order valence-electron chi connectivity index (χ1n) is 5.41. The fourth-order valence-electron chi connectivity index (χ4n) is 1.40. The van der Waals surface area contributed by atoms with Gasteiger partial charge in [0.05, 0.1) is 13.2 Å². The summed E-state index contributed by atoms with van der Waals surface area (Å²) in [4.78, 5) is 22.1. The maximum atomic E-state index is 11.0. The van der Waals surface area contributed by atoms with Crippen molar-refractivity contribution in [2.45, 2.75) is 0 Å². The number of rotatable bonds is 4. The van der Waals surface area contributed by atoms with E-state index < -0.39 is 24.8 Å². The molecule has 0 saturated carbocycles. The summed E-state index contributed by atoms with van der Waals surface area (Å²) in [6.07, 6.45) is 0. The van der Waals surface area contributed by atoms with Gasteiger partial charge in [0.25, 0.3) is 0 Å². The zero-order valence-electron chi connectivity index (χ0n) is 10.1. The van der Waals surface area contributed by atoms with Crippen LogP contribution < -0.4 is 0 Å². The van der Waals surface area contributed by atoms with Crippen molar-refractivity contribution in [1.29, 1.82) is 0 Å². The van der Waals surface area contributed by atoms with E-state index in [2.05, 4.69) is 0 Å². The Kier molecular flexibility index (Phi) is 8.66. The van der Waals surface area contributed by atoms with E-state index >= 15 is 0 Å². The Morgan fingerprint density at radius 2 is 1.58 bits per heavy atom. The third-order valence-corrected chi connectivity index (χ3v) is 2.26. The second-order valence-corrected chi connectivity index (χ2v) is 3.48. The van der Waals surface area contributed by atoms with Gasteiger partial charge in [-0.15, -0.1) is 11.6 Å². The van der Waals surface area contributed by atoms with Gasteiger partial charge in [0.15, 0.2) is 0 Å². The van der Waals surface area contributed by atoms with Crippen molar-refractivity contribution in [3.63, 3.8) is 0 Å². The Balaban J connectivity index is 0.000000454.